The summed E-state index contributed by atoms with van der Waals surface area (Å²) < 4.78 is 26.3. The molecule has 0 heterocycles. The van der Waals surface area contributed by atoms with Gasteiger partial charge >= 0.3 is 0 Å². The summed E-state index contributed by atoms with van der Waals surface area (Å²) in [6.07, 6.45) is 2.84. The highest BCUT2D eigenvalue weighted by Crippen LogP contribution is 2.33. The maximum atomic E-state index is 12.4. The molecule has 0 bridgehead atoms. The lowest BCUT2D eigenvalue weighted by atomic mass is 10.2. The number of nitrogens with two attached hydrogens (primary N) is 1. The first-order valence-electron chi connectivity index (χ1n) is 6.39. The molecule has 1 aromatic carbocycles. The summed E-state index contributed by atoms with van der Waals surface area (Å²) in [7, 11) is -3.24. The number of para-hydroxylation sites is 2. The minimum atomic E-state index is -3.24. The van der Waals surface area contributed by atoms with E-state index in [2.05, 4.69) is 0 Å². The van der Waals surface area contributed by atoms with Gasteiger partial charge in [0, 0.05) is 6.54 Å². The lowest BCUT2D eigenvalue weighted by molar-refractivity contribution is 0.586. The van der Waals surface area contributed by atoms with Crippen LogP contribution in [0.2, 0.25) is 0 Å². The molecule has 100 valence electrons. The number of nitrogen functional groups attached to an aromatic ring is 1. The van der Waals surface area contributed by atoms with E-state index in [-0.39, 0.29) is 5.75 Å². The minimum Gasteiger partial charge on any atom is -0.397 e. The van der Waals surface area contributed by atoms with Crippen LogP contribution in [0, 0.1) is 5.92 Å². The summed E-state index contributed by atoms with van der Waals surface area (Å²) in [6, 6.07) is 7.15. The first kappa shape index (κ1) is 13.2. The zero-order chi connectivity index (χ0) is 13.2. The van der Waals surface area contributed by atoms with Crippen LogP contribution in [-0.2, 0) is 10.0 Å². The van der Waals surface area contributed by atoms with E-state index in [1.807, 2.05) is 19.1 Å². The van der Waals surface area contributed by atoms with Crippen LogP contribution in [0.5, 0.6) is 0 Å². The molecule has 0 saturated heterocycles. The van der Waals surface area contributed by atoms with Gasteiger partial charge in [-0.25, -0.2) is 8.42 Å². The Bertz CT molecular complexity index is 509. The predicted octanol–water partition coefficient (Wildman–Crippen LogP) is 2.23. The first-order chi connectivity index (χ1) is 8.54. The SMILES string of the molecule is CCCN(c1ccccc1N)S(=O)(=O)CC1CC1. The fraction of sp³-hybridized carbons (Fsp3) is 0.538. The van der Waals surface area contributed by atoms with Crippen molar-refractivity contribution in [2.24, 2.45) is 5.92 Å². The molecule has 1 aliphatic rings. The van der Waals surface area contributed by atoms with Gasteiger partial charge in [0.1, 0.15) is 0 Å². The Kier molecular flexibility index (Phi) is 3.80. The van der Waals surface area contributed by atoms with E-state index in [1.165, 1.54) is 4.31 Å². The number of hydrogen-bond donors (Lipinski definition) is 1. The molecule has 0 atom stereocenters. The van der Waals surface area contributed by atoms with Gasteiger partial charge in [-0.05, 0) is 37.3 Å². The molecule has 0 spiro atoms. The van der Waals surface area contributed by atoms with Crippen molar-refractivity contribution >= 4 is 21.4 Å². The lowest BCUT2D eigenvalue weighted by Crippen LogP contribution is -2.34. The monoisotopic (exact) mass is 268 g/mol. The van der Waals surface area contributed by atoms with Crippen molar-refractivity contribution < 1.29 is 8.42 Å². The highest BCUT2D eigenvalue weighted by atomic mass is 32.2. The summed E-state index contributed by atoms with van der Waals surface area (Å²) in [5.41, 5.74) is 7.02. The third-order valence-electron chi connectivity index (χ3n) is 3.11. The molecule has 0 radical (unpaired) electrons. The van der Waals surface area contributed by atoms with E-state index >= 15 is 0 Å². The second kappa shape index (κ2) is 5.18. The molecule has 0 unspecified atom stereocenters. The quantitative estimate of drug-likeness (QED) is 0.805. The maximum Gasteiger partial charge on any atom is 0.235 e. The smallest absolute Gasteiger partial charge is 0.235 e. The average molecular weight is 268 g/mol. The van der Waals surface area contributed by atoms with Crippen LogP contribution in [0.15, 0.2) is 24.3 Å². The number of rotatable bonds is 6. The molecule has 0 amide bonds. The molecule has 0 aromatic heterocycles. The van der Waals surface area contributed by atoms with Crippen molar-refractivity contribution in [3.05, 3.63) is 24.3 Å². The Hall–Kier alpha value is -1.23. The second-order valence-electron chi connectivity index (χ2n) is 4.85. The summed E-state index contributed by atoms with van der Waals surface area (Å²) in [6.45, 7) is 2.46. The molecular formula is C13H20N2O2S. The Balaban J connectivity index is 2.30. The van der Waals surface area contributed by atoms with Gasteiger partial charge < -0.3 is 5.73 Å². The summed E-state index contributed by atoms with van der Waals surface area (Å²) in [5.74, 6) is 0.598. The van der Waals surface area contributed by atoms with E-state index in [9.17, 15) is 8.42 Å². The average Bonchev–Trinajstić information content (AvgIpc) is 3.10. The first-order valence-corrected chi connectivity index (χ1v) is 8.00. The molecule has 18 heavy (non-hydrogen) atoms. The Morgan fingerprint density at radius 1 is 1.33 bits per heavy atom. The van der Waals surface area contributed by atoms with E-state index < -0.39 is 10.0 Å². The molecule has 1 saturated carbocycles. The molecular weight excluding hydrogens is 248 g/mol. The van der Waals surface area contributed by atoms with Crippen LogP contribution in [-0.4, -0.2) is 20.7 Å². The molecule has 5 heteroatoms. The van der Waals surface area contributed by atoms with E-state index in [0.29, 0.717) is 23.8 Å². The van der Waals surface area contributed by atoms with Gasteiger partial charge in [-0.15, -0.1) is 0 Å². The van der Waals surface area contributed by atoms with Crippen LogP contribution < -0.4 is 10.0 Å². The third kappa shape index (κ3) is 2.96. The largest absolute Gasteiger partial charge is 0.397 e. The predicted molar refractivity (Wildman–Crippen MR) is 75.0 cm³/mol. The zero-order valence-electron chi connectivity index (χ0n) is 10.7. The van der Waals surface area contributed by atoms with Crippen molar-refractivity contribution in [3.63, 3.8) is 0 Å². The summed E-state index contributed by atoms with van der Waals surface area (Å²) >= 11 is 0. The highest BCUT2D eigenvalue weighted by Gasteiger charge is 2.32. The summed E-state index contributed by atoms with van der Waals surface area (Å²) in [4.78, 5) is 0. The second-order valence-corrected chi connectivity index (χ2v) is 6.79. The van der Waals surface area contributed by atoms with Gasteiger partial charge in [0.25, 0.3) is 0 Å². The van der Waals surface area contributed by atoms with Crippen LogP contribution in [0.1, 0.15) is 26.2 Å². The van der Waals surface area contributed by atoms with Gasteiger partial charge in [0.05, 0.1) is 17.1 Å². The lowest BCUT2D eigenvalue weighted by Gasteiger charge is -2.25. The molecule has 0 aliphatic heterocycles. The van der Waals surface area contributed by atoms with E-state index in [1.54, 1.807) is 12.1 Å². The van der Waals surface area contributed by atoms with Crippen LogP contribution in [0.25, 0.3) is 0 Å². The normalized spacial score (nSPS) is 15.6. The van der Waals surface area contributed by atoms with Crippen LogP contribution in [0.4, 0.5) is 11.4 Å². The van der Waals surface area contributed by atoms with E-state index in [4.69, 9.17) is 5.73 Å². The number of nitrogens with zero attached hydrogens (tertiary/aromatic N) is 1. The van der Waals surface area contributed by atoms with Crippen molar-refractivity contribution in [3.8, 4) is 0 Å². The van der Waals surface area contributed by atoms with Crippen LogP contribution in [0.3, 0.4) is 0 Å². The molecule has 2 N–H and O–H groups in total. The third-order valence-corrected chi connectivity index (χ3v) is 5.05. The minimum absolute atomic E-state index is 0.251. The maximum absolute atomic E-state index is 12.4. The Morgan fingerprint density at radius 3 is 2.56 bits per heavy atom. The Morgan fingerprint density at radius 2 is 2.00 bits per heavy atom. The van der Waals surface area contributed by atoms with Crippen LogP contribution >= 0.6 is 0 Å². The van der Waals surface area contributed by atoms with Crippen molar-refractivity contribution in [2.75, 3.05) is 22.3 Å². The summed E-state index contributed by atoms with van der Waals surface area (Å²) in [5, 5.41) is 0. The van der Waals surface area contributed by atoms with Crippen molar-refractivity contribution in [1.29, 1.82) is 0 Å². The van der Waals surface area contributed by atoms with Gasteiger partial charge in [-0.3, -0.25) is 4.31 Å². The van der Waals surface area contributed by atoms with Gasteiger partial charge in [0.15, 0.2) is 0 Å². The van der Waals surface area contributed by atoms with Crippen molar-refractivity contribution in [1.82, 2.24) is 0 Å². The number of hydrogen-bond acceptors (Lipinski definition) is 3. The Labute approximate surface area is 109 Å². The van der Waals surface area contributed by atoms with Gasteiger partial charge in [-0.1, -0.05) is 19.1 Å². The molecule has 2 rings (SSSR count). The van der Waals surface area contributed by atoms with E-state index in [0.717, 1.165) is 19.3 Å². The number of sulfonamides is 1. The number of anilines is 2. The highest BCUT2D eigenvalue weighted by molar-refractivity contribution is 7.92. The molecule has 1 aromatic rings. The van der Waals surface area contributed by atoms with Gasteiger partial charge in [0.2, 0.25) is 10.0 Å². The number of benzene rings is 1. The topological polar surface area (TPSA) is 63.4 Å². The molecule has 1 aliphatic carbocycles. The molecule has 1 fully saturated rings. The fourth-order valence-electron chi connectivity index (χ4n) is 2.00. The van der Waals surface area contributed by atoms with Gasteiger partial charge in [-0.2, -0.15) is 0 Å². The zero-order valence-corrected chi connectivity index (χ0v) is 11.5. The standard InChI is InChI=1S/C13H20N2O2S/c1-2-9-15(13-6-4-3-5-12(13)14)18(16,17)10-11-7-8-11/h3-6,11H,2,7-10,14H2,1H3. The molecule has 4 nitrogen and oxygen atoms in total. The van der Waals surface area contributed by atoms with Crippen molar-refractivity contribution in [2.45, 2.75) is 26.2 Å². The fourth-order valence-corrected chi connectivity index (χ4v) is 4.04.